The van der Waals surface area contributed by atoms with E-state index in [0.29, 0.717) is 18.5 Å². The Balaban J connectivity index is 0.000000152. The Hall–Kier alpha value is -10.7. The predicted octanol–water partition coefficient (Wildman–Crippen LogP) is 19.7. The van der Waals surface area contributed by atoms with Crippen LogP contribution in [0, 0.1) is 25.6 Å². The second kappa shape index (κ2) is 43.8. The van der Waals surface area contributed by atoms with Gasteiger partial charge in [0.05, 0.1) is 11.3 Å². The van der Waals surface area contributed by atoms with Gasteiger partial charge in [0, 0.05) is 26.1 Å². The summed E-state index contributed by atoms with van der Waals surface area (Å²) in [7, 11) is -1.78. The first-order valence-electron chi connectivity index (χ1n) is 37.3. The van der Waals surface area contributed by atoms with Gasteiger partial charge in [0.15, 0.2) is 0 Å². The van der Waals surface area contributed by atoms with Crippen LogP contribution in [0.5, 0.6) is 0 Å². The molecule has 0 bridgehead atoms. The molecule has 564 valence electrons. The number of rotatable bonds is 19. The zero-order valence-electron chi connectivity index (χ0n) is 63.1. The third-order valence-electron chi connectivity index (χ3n) is 18.9. The molecule has 0 spiro atoms. The number of carboxylic acids is 1. The van der Waals surface area contributed by atoms with Crippen LogP contribution in [-0.2, 0) is 25.2 Å². The first kappa shape index (κ1) is 83.8. The second-order valence-electron chi connectivity index (χ2n) is 26.7. The normalized spacial score (nSPS) is 12.0. The van der Waals surface area contributed by atoms with Crippen LogP contribution in [-0.4, -0.2) is 28.6 Å². The van der Waals surface area contributed by atoms with Crippen molar-refractivity contribution in [2.24, 2.45) is 5.92 Å². The number of carbonyl (C=O) groups is 3. The molecule has 1 unspecified atom stereocenters. The summed E-state index contributed by atoms with van der Waals surface area (Å²) in [5.41, 5.74) is 1.57. The monoisotopic (exact) mass is 1640 g/mol. The summed E-state index contributed by atoms with van der Waals surface area (Å²) in [5, 5.41) is 34.6. The third kappa shape index (κ3) is 23.7. The van der Waals surface area contributed by atoms with Gasteiger partial charge in [-0.15, -0.1) is 0 Å². The van der Waals surface area contributed by atoms with Crippen molar-refractivity contribution in [2.45, 2.75) is 58.4 Å². The molecular weight excluding hydrogens is 1540 g/mol. The SMILES string of the molecule is C=Cc1cc(C)c(NC(=O)Nc2cc(F)ccc2C(=O)NC(C)(C(=O)O)C2CCCCC2)c(C)c1.[Pd].c1ccc(P(c2ccccc2)c2ccccc2)cc1.c1ccc(P(c2ccccc2)c2ccccc2)cc1.c1ccc(P(c2ccccc2)c2ccccc2)cc1.c1ccc(P(c2ccccc2)c2ccccc2)cc1. The van der Waals surface area contributed by atoms with Crippen molar-refractivity contribution in [2.75, 3.05) is 10.6 Å². The minimum Gasteiger partial charge on any atom is -0.480 e. The number of nitrogens with one attached hydrogen (secondary N) is 3. The molecule has 0 saturated heterocycles. The Kier molecular flexibility index (Phi) is 32.8. The van der Waals surface area contributed by atoms with Crippen LogP contribution in [0.3, 0.4) is 0 Å². The first-order valence-corrected chi connectivity index (χ1v) is 42.7. The summed E-state index contributed by atoms with van der Waals surface area (Å²) >= 11 is 0. The zero-order valence-corrected chi connectivity index (χ0v) is 68.2. The summed E-state index contributed by atoms with van der Waals surface area (Å²) < 4.78 is 14.0. The molecule has 14 aromatic carbocycles. The van der Waals surface area contributed by atoms with Gasteiger partial charge in [-0.3, -0.25) is 4.79 Å². The number of hydrogen-bond acceptors (Lipinski definition) is 3. The van der Waals surface area contributed by atoms with Crippen LogP contribution in [0.1, 0.15) is 66.1 Å². The predicted molar refractivity (Wildman–Crippen MR) is 476 cm³/mol. The maximum atomic E-state index is 14.0. The Bertz CT molecular complexity index is 4280. The van der Waals surface area contributed by atoms with E-state index in [4.69, 9.17) is 0 Å². The van der Waals surface area contributed by atoms with Gasteiger partial charge in [-0.25, -0.2) is 14.0 Å². The van der Waals surface area contributed by atoms with E-state index in [-0.39, 0.29) is 37.6 Å². The summed E-state index contributed by atoms with van der Waals surface area (Å²) in [6.07, 6.45) is 5.95. The Morgan fingerprint density at radius 3 is 0.839 bits per heavy atom. The van der Waals surface area contributed by atoms with Gasteiger partial charge in [-0.05, 0) is 182 Å². The minimum absolute atomic E-state index is 0. The number of benzene rings is 14. The molecule has 0 heterocycles. The van der Waals surface area contributed by atoms with Crippen molar-refractivity contribution < 1.29 is 44.3 Å². The number of hydrogen-bond donors (Lipinski definition) is 4. The van der Waals surface area contributed by atoms with Crippen molar-refractivity contribution in [3.63, 3.8) is 0 Å². The van der Waals surface area contributed by atoms with Crippen molar-refractivity contribution in [1.29, 1.82) is 0 Å². The molecule has 1 atom stereocenters. The number of halogens is 1. The van der Waals surface area contributed by atoms with Gasteiger partial charge in [-0.1, -0.05) is 396 Å². The molecule has 7 nitrogen and oxygen atoms in total. The van der Waals surface area contributed by atoms with Crippen LogP contribution in [0.25, 0.3) is 6.08 Å². The van der Waals surface area contributed by atoms with Crippen molar-refractivity contribution in [1.82, 2.24) is 5.32 Å². The fraction of sp³-hybridized carbons (Fsp3) is 0.101. The zero-order chi connectivity index (χ0) is 77.4. The summed E-state index contributed by atoms with van der Waals surface area (Å²) in [4.78, 5) is 38.1. The van der Waals surface area contributed by atoms with E-state index in [1.54, 1.807) is 6.08 Å². The third-order valence-corrected chi connectivity index (χ3v) is 28.7. The maximum Gasteiger partial charge on any atom is 0.329 e. The molecule has 112 heavy (non-hydrogen) atoms. The summed E-state index contributed by atoms with van der Waals surface area (Å²) in [6.45, 7) is 8.94. The second-order valence-corrected chi connectivity index (χ2v) is 35.5. The van der Waals surface area contributed by atoms with Crippen LogP contribution in [0.15, 0.2) is 401 Å². The van der Waals surface area contributed by atoms with Gasteiger partial charge < -0.3 is 21.1 Å². The quantitative estimate of drug-likeness (QED) is 0.0478. The topological polar surface area (TPSA) is 108 Å². The number of aryl methyl sites for hydroxylation is 2. The van der Waals surface area contributed by atoms with Crippen LogP contribution in [0.2, 0.25) is 0 Å². The molecular formula is C99H92FN3O4P4Pd. The van der Waals surface area contributed by atoms with E-state index in [0.717, 1.165) is 48.1 Å². The molecule has 15 rings (SSSR count). The van der Waals surface area contributed by atoms with Gasteiger partial charge in [-0.2, -0.15) is 0 Å². The first-order chi connectivity index (χ1) is 54.3. The van der Waals surface area contributed by atoms with Crippen molar-refractivity contribution in [3.8, 4) is 0 Å². The molecule has 1 aliphatic rings. The number of urea groups is 1. The number of carbonyl (C=O) groups excluding carboxylic acids is 2. The average Bonchev–Trinajstić information content (AvgIpc) is 0.757. The molecule has 1 saturated carbocycles. The summed E-state index contributed by atoms with van der Waals surface area (Å²) in [5.74, 6) is -2.69. The Labute approximate surface area is 679 Å². The minimum atomic E-state index is -1.48. The fourth-order valence-corrected chi connectivity index (χ4v) is 22.6. The van der Waals surface area contributed by atoms with E-state index in [9.17, 15) is 23.9 Å². The molecule has 3 amide bonds. The molecule has 1 fully saturated rings. The number of amides is 3. The molecule has 14 aromatic rings. The van der Waals surface area contributed by atoms with Crippen LogP contribution >= 0.6 is 31.7 Å². The van der Waals surface area contributed by atoms with Crippen LogP contribution < -0.4 is 79.6 Å². The number of carboxylic acid groups (broad SMARTS) is 1. The van der Waals surface area contributed by atoms with Crippen molar-refractivity contribution >= 4 is 131 Å². The Morgan fingerprint density at radius 1 is 0.375 bits per heavy atom. The van der Waals surface area contributed by atoms with Gasteiger partial charge >= 0.3 is 12.0 Å². The van der Waals surface area contributed by atoms with Crippen LogP contribution in [0.4, 0.5) is 20.6 Å². The van der Waals surface area contributed by atoms with E-state index < -0.39 is 61.0 Å². The molecule has 13 heteroatoms. The molecule has 0 aromatic heterocycles. The van der Waals surface area contributed by atoms with Gasteiger partial charge in [0.1, 0.15) is 11.4 Å². The Morgan fingerprint density at radius 2 is 0.616 bits per heavy atom. The van der Waals surface area contributed by atoms with E-state index in [2.05, 4.69) is 387 Å². The van der Waals surface area contributed by atoms with Gasteiger partial charge in [0.2, 0.25) is 0 Å². The number of anilines is 2. The van der Waals surface area contributed by atoms with E-state index >= 15 is 0 Å². The van der Waals surface area contributed by atoms with Gasteiger partial charge in [0.25, 0.3) is 5.91 Å². The number of aliphatic carboxylic acids is 1. The van der Waals surface area contributed by atoms with E-state index in [1.165, 1.54) is 76.6 Å². The molecule has 4 N–H and O–H groups in total. The largest absolute Gasteiger partial charge is 0.480 e. The summed E-state index contributed by atoms with van der Waals surface area (Å²) in [6, 6.07) is 136. The standard InChI is InChI=1S/C27H32FN3O4.4C18H15P.Pd/c1-5-18-13-16(2)23(17(3)14-18)30-26(35)29-22-15-20(28)11-12-21(22)24(32)31-27(4,25(33)34)19-9-7-6-8-10-19;4*1-4-10-16(11-5-1)19(17-12-6-2-7-13-17)18-14-8-3-9-15-18;/h5,11-15,19H,1,6-10H2,2-4H3,(H,31,32)(H,33,34)(H2,29,30,35);4*1-15H;. The van der Waals surface area contributed by atoms with E-state index in [1.807, 2.05) is 26.0 Å². The molecule has 0 aliphatic heterocycles. The molecule has 0 radical (unpaired) electrons. The van der Waals surface area contributed by atoms with Crippen molar-refractivity contribution in [3.05, 3.63) is 429 Å². The smallest absolute Gasteiger partial charge is 0.329 e. The maximum absolute atomic E-state index is 14.0. The fourth-order valence-electron chi connectivity index (χ4n) is 13.4. The average molecular weight is 1640 g/mol. The molecule has 1 aliphatic carbocycles.